The van der Waals surface area contributed by atoms with Crippen LogP contribution >= 0.6 is 11.3 Å². The van der Waals surface area contributed by atoms with Crippen molar-refractivity contribution in [3.63, 3.8) is 0 Å². The lowest BCUT2D eigenvalue weighted by Crippen LogP contribution is -2.26. The minimum atomic E-state index is -3.42. The number of nitrogens with zero attached hydrogens (tertiary/aromatic N) is 2. The largest absolute Gasteiger partial charge is 0.493 e. The molecule has 0 spiro atoms. The summed E-state index contributed by atoms with van der Waals surface area (Å²) in [4.78, 5) is 31.9. The van der Waals surface area contributed by atoms with Gasteiger partial charge in [0.15, 0.2) is 26.5 Å². The van der Waals surface area contributed by atoms with Gasteiger partial charge in [0.2, 0.25) is 6.10 Å². The van der Waals surface area contributed by atoms with Gasteiger partial charge in [-0.2, -0.15) is 0 Å². The molecule has 0 saturated heterocycles. The van der Waals surface area contributed by atoms with Crippen LogP contribution in [-0.2, 0) is 14.6 Å². The van der Waals surface area contributed by atoms with Gasteiger partial charge in [-0.3, -0.25) is 14.9 Å². The molecule has 0 fully saturated rings. The quantitative estimate of drug-likeness (QED) is 0.288. The van der Waals surface area contributed by atoms with Gasteiger partial charge in [-0.05, 0) is 36.4 Å². The van der Waals surface area contributed by atoms with Crippen molar-refractivity contribution >= 4 is 48.3 Å². The van der Waals surface area contributed by atoms with Crippen molar-refractivity contribution < 1.29 is 32.2 Å². The Morgan fingerprint density at radius 1 is 0.975 bits per heavy atom. The highest BCUT2D eigenvalue weighted by atomic mass is 32.2. The van der Waals surface area contributed by atoms with Gasteiger partial charge in [-0.25, -0.2) is 13.4 Å². The maximum absolute atomic E-state index is 13.5. The van der Waals surface area contributed by atoms with Crippen LogP contribution in [0.4, 0.5) is 5.13 Å². The zero-order chi connectivity index (χ0) is 29.0. The van der Waals surface area contributed by atoms with Gasteiger partial charge in [0, 0.05) is 37.4 Å². The number of thiazole rings is 1. The Morgan fingerprint density at radius 3 is 2.17 bits per heavy atom. The number of rotatable bonds is 10. The zero-order valence-electron chi connectivity index (χ0n) is 22.6. The van der Waals surface area contributed by atoms with E-state index in [4.69, 9.17) is 14.2 Å². The van der Waals surface area contributed by atoms with Crippen LogP contribution in [0.3, 0.4) is 0 Å². The number of aromatic nitrogens is 1. The molecule has 10 nitrogen and oxygen atoms in total. The highest BCUT2D eigenvalue weighted by Gasteiger charge is 2.25. The Hall–Kier alpha value is -4.16. The Balaban J connectivity index is 1.65. The van der Waals surface area contributed by atoms with E-state index in [9.17, 15) is 18.0 Å². The van der Waals surface area contributed by atoms with E-state index in [0.717, 1.165) is 4.70 Å². The lowest BCUT2D eigenvalue weighted by atomic mass is 10.1. The fourth-order valence-corrected chi connectivity index (χ4v) is 5.60. The number of carbonyl (C=O) groups is 2. The van der Waals surface area contributed by atoms with Gasteiger partial charge in [-0.15, -0.1) is 0 Å². The number of anilines is 1. The summed E-state index contributed by atoms with van der Waals surface area (Å²) in [5.74, 6) is 0.668. The van der Waals surface area contributed by atoms with E-state index < -0.39 is 21.8 Å². The maximum atomic E-state index is 13.5. The highest BCUT2D eigenvalue weighted by Crippen LogP contribution is 2.36. The van der Waals surface area contributed by atoms with E-state index >= 15 is 0 Å². The van der Waals surface area contributed by atoms with Crippen molar-refractivity contribution in [3.05, 3.63) is 71.8 Å². The Labute approximate surface area is 236 Å². The fourth-order valence-electron chi connectivity index (χ4n) is 3.84. The monoisotopic (exact) mass is 583 g/mol. The van der Waals surface area contributed by atoms with Gasteiger partial charge in [0.05, 0.1) is 35.1 Å². The first-order chi connectivity index (χ1) is 19.1. The minimum Gasteiger partial charge on any atom is -0.493 e. The molecule has 0 aliphatic carbocycles. The third kappa shape index (κ3) is 6.18. The first-order valence-corrected chi connectivity index (χ1v) is 14.7. The van der Waals surface area contributed by atoms with Crippen LogP contribution in [0.5, 0.6) is 17.2 Å². The molecule has 4 aromatic rings. The van der Waals surface area contributed by atoms with Gasteiger partial charge in [-0.1, -0.05) is 30.4 Å². The standard InChI is InChI=1S/C28H29N3O7S2/c1-6-40(34,35)20-13-9-17(10-14-20)25(38-19-11-7-18(8-12-19)27(33)31(2)3)26(32)30-28-29-21-15-22(36-4)23(37-5)16-24(21)39-28/h7-16,25H,6H2,1-5H3,(H,29,30,32). The van der Waals surface area contributed by atoms with Crippen LogP contribution in [0.2, 0.25) is 0 Å². The second-order valence-electron chi connectivity index (χ2n) is 8.88. The number of hydrogen-bond donors (Lipinski definition) is 1. The Morgan fingerprint density at radius 2 is 1.60 bits per heavy atom. The number of carbonyl (C=O) groups excluding carboxylic acids is 2. The van der Waals surface area contributed by atoms with Gasteiger partial charge >= 0.3 is 0 Å². The number of fused-ring (bicyclic) bond motifs is 1. The fraction of sp³-hybridized carbons (Fsp3) is 0.250. The molecule has 4 rings (SSSR count). The third-order valence-corrected chi connectivity index (χ3v) is 8.73. The van der Waals surface area contributed by atoms with Crippen molar-refractivity contribution in [1.82, 2.24) is 9.88 Å². The average molecular weight is 584 g/mol. The molecule has 1 aromatic heterocycles. The van der Waals surface area contributed by atoms with Crippen molar-refractivity contribution in [2.75, 3.05) is 39.4 Å². The molecule has 1 atom stereocenters. The SMILES string of the molecule is CCS(=O)(=O)c1ccc(C(Oc2ccc(C(=O)N(C)C)cc2)C(=O)Nc2nc3cc(OC)c(OC)cc3s2)cc1. The zero-order valence-corrected chi connectivity index (χ0v) is 24.3. The smallest absolute Gasteiger partial charge is 0.271 e. The summed E-state index contributed by atoms with van der Waals surface area (Å²) in [6, 6.07) is 15.9. The van der Waals surface area contributed by atoms with Crippen molar-refractivity contribution in [3.8, 4) is 17.2 Å². The number of amides is 2. The molecule has 3 aromatic carbocycles. The normalized spacial score (nSPS) is 12.0. The van der Waals surface area contributed by atoms with Crippen LogP contribution in [0.1, 0.15) is 28.9 Å². The molecule has 12 heteroatoms. The second-order valence-corrected chi connectivity index (χ2v) is 12.2. The minimum absolute atomic E-state index is 0.0437. The third-order valence-electron chi connectivity index (χ3n) is 6.05. The molecular formula is C28H29N3O7S2. The molecule has 0 radical (unpaired) electrons. The molecule has 1 unspecified atom stereocenters. The van der Waals surface area contributed by atoms with Crippen LogP contribution < -0.4 is 19.5 Å². The number of nitrogens with one attached hydrogen (secondary N) is 1. The van der Waals surface area contributed by atoms with Crippen molar-refractivity contribution in [1.29, 1.82) is 0 Å². The highest BCUT2D eigenvalue weighted by molar-refractivity contribution is 7.91. The predicted molar refractivity (Wildman–Crippen MR) is 153 cm³/mol. The summed E-state index contributed by atoms with van der Waals surface area (Å²) < 4.78 is 42.1. The van der Waals surface area contributed by atoms with E-state index in [0.29, 0.717) is 39.0 Å². The van der Waals surface area contributed by atoms with Crippen LogP contribution in [0.15, 0.2) is 65.6 Å². The number of sulfone groups is 1. The molecule has 210 valence electrons. The second kappa shape index (κ2) is 11.9. The molecule has 0 bridgehead atoms. The summed E-state index contributed by atoms with van der Waals surface area (Å²) >= 11 is 1.25. The lowest BCUT2D eigenvalue weighted by molar-refractivity contribution is -0.123. The van der Waals surface area contributed by atoms with E-state index in [1.54, 1.807) is 69.6 Å². The molecular weight excluding hydrogens is 554 g/mol. The first-order valence-electron chi connectivity index (χ1n) is 12.2. The summed E-state index contributed by atoms with van der Waals surface area (Å²) in [6.07, 6.45) is -1.15. The van der Waals surface area contributed by atoms with Crippen LogP contribution in [0, 0.1) is 0 Å². The summed E-state index contributed by atoms with van der Waals surface area (Å²) in [6.45, 7) is 1.57. The molecule has 0 aliphatic rings. The molecule has 1 heterocycles. The summed E-state index contributed by atoms with van der Waals surface area (Å²) in [5.41, 5.74) is 1.52. The molecule has 2 amide bonds. The number of methoxy groups -OCH3 is 2. The number of benzene rings is 3. The average Bonchev–Trinajstić information content (AvgIpc) is 3.35. The Bertz CT molecular complexity index is 1590. The van der Waals surface area contributed by atoms with E-state index in [-0.39, 0.29) is 16.6 Å². The molecule has 1 N–H and O–H groups in total. The van der Waals surface area contributed by atoms with Gasteiger partial charge < -0.3 is 19.1 Å². The maximum Gasteiger partial charge on any atom is 0.271 e. The van der Waals surface area contributed by atoms with Crippen molar-refractivity contribution in [2.24, 2.45) is 0 Å². The van der Waals surface area contributed by atoms with Crippen molar-refractivity contribution in [2.45, 2.75) is 17.9 Å². The van der Waals surface area contributed by atoms with Gasteiger partial charge in [0.25, 0.3) is 11.8 Å². The van der Waals surface area contributed by atoms with Crippen LogP contribution in [-0.4, -0.2) is 64.2 Å². The topological polar surface area (TPSA) is 124 Å². The predicted octanol–water partition coefficient (Wildman–Crippen LogP) is 4.57. The Kier molecular flexibility index (Phi) is 8.60. The number of ether oxygens (including phenoxy) is 3. The first kappa shape index (κ1) is 28.8. The summed E-state index contributed by atoms with van der Waals surface area (Å²) in [5, 5.41) is 3.14. The molecule has 0 aliphatic heterocycles. The van der Waals surface area contributed by atoms with Gasteiger partial charge in [0.1, 0.15) is 5.75 Å². The molecule has 40 heavy (non-hydrogen) atoms. The van der Waals surface area contributed by atoms with E-state index in [1.165, 1.54) is 42.6 Å². The number of hydrogen-bond acceptors (Lipinski definition) is 9. The summed E-state index contributed by atoms with van der Waals surface area (Å²) in [7, 11) is 2.96. The van der Waals surface area contributed by atoms with E-state index in [2.05, 4.69) is 10.3 Å². The van der Waals surface area contributed by atoms with Crippen LogP contribution in [0.25, 0.3) is 10.2 Å². The molecule has 0 saturated carbocycles. The van der Waals surface area contributed by atoms with E-state index in [1.807, 2.05) is 0 Å². The lowest BCUT2D eigenvalue weighted by Gasteiger charge is -2.19.